The van der Waals surface area contributed by atoms with Gasteiger partial charge in [-0.15, -0.1) is 0 Å². The number of rotatable bonds is 5. The Hall–Kier alpha value is -2.37. The highest BCUT2D eigenvalue weighted by molar-refractivity contribution is 5.96. The van der Waals surface area contributed by atoms with Crippen LogP contribution < -0.4 is 5.32 Å². The van der Waals surface area contributed by atoms with Gasteiger partial charge < -0.3 is 24.1 Å². The highest BCUT2D eigenvalue weighted by Crippen LogP contribution is 2.46. The lowest BCUT2D eigenvalue weighted by atomic mass is 9.93. The Bertz CT molecular complexity index is 1030. The van der Waals surface area contributed by atoms with Crippen LogP contribution in [-0.4, -0.2) is 73.2 Å². The number of aromatic nitrogens is 2. The summed E-state index contributed by atoms with van der Waals surface area (Å²) in [4.78, 5) is 15.0. The Morgan fingerprint density at radius 3 is 2.74 bits per heavy atom. The van der Waals surface area contributed by atoms with E-state index >= 15 is 0 Å². The summed E-state index contributed by atoms with van der Waals surface area (Å²) in [7, 11) is 2.09. The van der Waals surface area contributed by atoms with Gasteiger partial charge in [0.15, 0.2) is 0 Å². The van der Waals surface area contributed by atoms with Gasteiger partial charge in [0.05, 0.1) is 37.2 Å². The molecule has 2 saturated heterocycles. The quantitative estimate of drug-likeness (QED) is 0.706. The highest BCUT2D eigenvalue weighted by atomic mass is 19.4. The molecule has 1 aliphatic carbocycles. The van der Waals surface area contributed by atoms with Gasteiger partial charge in [0.25, 0.3) is 5.91 Å². The molecule has 3 aliphatic rings. The van der Waals surface area contributed by atoms with Gasteiger partial charge in [-0.1, -0.05) is 0 Å². The second-order valence-corrected chi connectivity index (χ2v) is 9.35. The Morgan fingerprint density at radius 2 is 2.03 bits per heavy atom. The first-order valence-electron chi connectivity index (χ1n) is 11.7. The van der Waals surface area contributed by atoms with E-state index in [2.05, 4.69) is 22.4 Å². The maximum atomic E-state index is 14.2. The molecule has 8 nitrogen and oxygen atoms in total. The molecule has 2 fully saturated rings. The maximum Gasteiger partial charge on any atom is 0.420 e. The summed E-state index contributed by atoms with van der Waals surface area (Å²) >= 11 is 0. The zero-order valence-corrected chi connectivity index (χ0v) is 19.1. The third kappa shape index (κ3) is 4.73. The minimum Gasteiger partial charge on any atom is -0.455 e. The third-order valence-corrected chi connectivity index (χ3v) is 6.83. The fourth-order valence-corrected chi connectivity index (χ4v) is 4.98. The predicted octanol–water partition coefficient (Wildman–Crippen LogP) is 2.75. The van der Waals surface area contributed by atoms with Crippen LogP contribution in [0.4, 0.5) is 13.2 Å². The molecule has 11 heteroatoms. The number of likely N-dealkylation sites (tertiary alicyclic amines) is 1. The lowest BCUT2D eigenvalue weighted by Crippen LogP contribution is -2.40. The molecule has 1 N–H and O–H groups in total. The van der Waals surface area contributed by atoms with E-state index in [0.717, 1.165) is 31.5 Å². The Balaban J connectivity index is 1.40. The molecule has 0 radical (unpaired) electrons. The molecule has 2 aliphatic heterocycles. The highest BCUT2D eigenvalue weighted by Gasteiger charge is 2.45. The maximum absolute atomic E-state index is 14.2. The Morgan fingerprint density at radius 1 is 1.24 bits per heavy atom. The summed E-state index contributed by atoms with van der Waals surface area (Å²) in [5, 5.41) is 7.06. The van der Waals surface area contributed by atoms with Crippen molar-refractivity contribution >= 4 is 5.91 Å². The average Bonchev–Trinajstić information content (AvgIpc) is 3.40. The van der Waals surface area contributed by atoms with Crippen molar-refractivity contribution in [2.24, 2.45) is 5.92 Å². The molecular formula is C23H29F3N4O4. The zero-order valence-electron chi connectivity index (χ0n) is 19.1. The van der Waals surface area contributed by atoms with E-state index in [0.29, 0.717) is 32.1 Å². The second-order valence-electron chi connectivity index (χ2n) is 9.35. The first-order valence-corrected chi connectivity index (χ1v) is 11.7. The molecule has 186 valence electrons. The number of fused-ring (bicyclic) bond motifs is 3. The fraction of sp³-hybridized carbons (Fsp3) is 0.652. The van der Waals surface area contributed by atoms with Crippen LogP contribution in [0.3, 0.4) is 0 Å². The van der Waals surface area contributed by atoms with Crippen LogP contribution >= 0.6 is 0 Å². The van der Waals surface area contributed by atoms with Crippen LogP contribution in [0.1, 0.15) is 40.3 Å². The number of hydrogen-bond acceptors (Lipinski definition) is 6. The number of aryl methyl sites for hydroxylation is 2. The molecule has 2 aromatic heterocycles. The van der Waals surface area contributed by atoms with E-state index in [1.165, 1.54) is 0 Å². The molecule has 1 amide bonds. The van der Waals surface area contributed by atoms with Crippen molar-refractivity contribution in [1.82, 2.24) is 20.0 Å². The van der Waals surface area contributed by atoms with Crippen LogP contribution in [0, 0.1) is 5.92 Å². The van der Waals surface area contributed by atoms with Gasteiger partial charge in [-0.05, 0) is 50.9 Å². The summed E-state index contributed by atoms with van der Waals surface area (Å²) in [5.41, 5.74) is -0.121. The summed E-state index contributed by atoms with van der Waals surface area (Å²) < 4.78 is 60.7. The van der Waals surface area contributed by atoms with E-state index in [1.54, 1.807) is 4.68 Å². The molecule has 0 spiro atoms. The SMILES string of the molecule is CN1CCC(Cn2cc3c(n2)-c2c(oc(C(=O)NC[C@@H]4COCCO4)c2C(F)(F)F)CC3)CC1. The molecule has 0 aromatic carbocycles. The number of alkyl halides is 3. The van der Waals surface area contributed by atoms with Crippen LogP contribution in [0.15, 0.2) is 10.6 Å². The summed E-state index contributed by atoms with van der Waals surface area (Å²) in [6.45, 7) is 3.84. The second kappa shape index (κ2) is 9.35. The predicted molar refractivity (Wildman–Crippen MR) is 115 cm³/mol. The standard InChI is InChI=1S/C23H29F3N4O4/c1-29-6-4-14(5-7-29)11-30-12-15-2-3-17-18(20(15)28-30)19(23(24,25)26)21(34-17)22(31)27-10-16-13-32-8-9-33-16/h12,14,16H,2-11,13H2,1H3,(H,27,31)/t16-/m1/s1. The normalized spacial score (nSPS) is 21.8. The molecule has 2 aromatic rings. The van der Waals surface area contributed by atoms with Crippen molar-refractivity contribution in [3.05, 3.63) is 28.8 Å². The minimum atomic E-state index is -4.76. The van der Waals surface area contributed by atoms with Crippen molar-refractivity contribution in [3.8, 4) is 11.3 Å². The van der Waals surface area contributed by atoms with Crippen LogP contribution in [0.5, 0.6) is 0 Å². The van der Waals surface area contributed by atoms with Crippen molar-refractivity contribution in [1.29, 1.82) is 0 Å². The van der Waals surface area contributed by atoms with E-state index in [9.17, 15) is 18.0 Å². The number of nitrogens with one attached hydrogen (secondary N) is 1. The fourth-order valence-electron chi connectivity index (χ4n) is 4.98. The van der Waals surface area contributed by atoms with Gasteiger partial charge in [-0.3, -0.25) is 9.48 Å². The van der Waals surface area contributed by atoms with Crippen molar-refractivity contribution in [2.45, 2.75) is 44.5 Å². The largest absolute Gasteiger partial charge is 0.455 e. The van der Waals surface area contributed by atoms with Crippen LogP contribution in [0.25, 0.3) is 11.3 Å². The lowest BCUT2D eigenvalue weighted by molar-refractivity contribution is -0.137. The number of ether oxygens (including phenoxy) is 2. The van der Waals surface area contributed by atoms with Gasteiger partial charge in [0.2, 0.25) is 5.76 Å². The summed E-state index contributed by atoms with van der Waals surface area (Å²) in [6.07, 6.45) is -0.437. The average molecular weight is 483 g/mol. The van der Waals surface area contributed by atoms with E-state index < -0.39 is 29.5 Å². The number of piperidine rings is 1. The van der Waals surface area contributed by atoms with Crippen molar-refractivity contribution in [2.75, 3.05) is 46.5 Å². The zero-order chi connectivity index (χ0) is 23.9. The van der Waals surface area contributed by atoms with Crippen LogP contribution in [0.2, 0.25) is 0 Å². The first-order chi connectivity index (χ1) is 16.3. The third-order valence-electron chi connectivity index (χ3n) is 6.83. The van der Waals surface area contributed by atoms with E-state index in [1.807, 2.05) is 6.20 Å². The molecule has 4 heterocycles. The number of nitrogens with zero attached hydrogens (tertiary/aromatic N) is 3. The molecular weight excluding hydrogens is 453 g/mol. The lowest BCUT2D eigenvalue weighted by Gasteiger charge is -2.28. The first kappa shape index (κ1) is 23.4. The molecule has 34 heavy (non-hydrogen) atoms. The van der Waals surface area contributed by atoms with E-state index in [4.69, 9.17) is 13.9 Å². The van der Waals surface area contributed by atoms with Gasteiger partial charge in [-0.2, -0.15) is 18.3 Å². The molecule has 0 unspecified atom stereocenters. The van der Waals surface area contributed by atoms with Gasteiger partial charge in [0, 0.05) is 25.7 Å². The summed E-state index contributed by atoms with van der Waals surface area (Å²) in [6, 6.07) is 0. The minimum absolute atomic E-state index is 0.0396. The van der Waals surface area contributed by atoms with Crippen molar-refractivity contribution < 1.29 is 31.9 Å². The van der Waals surface area contributed by atoms with Crippen molar-refractivity contribution in [3.63, 3.8) is 0 Å². The number of carbonyl (C=O) groups is 1. The van der Waals surface area contributed by atoms with E-state index in [-0.39, 0.29) is 36.6 Å². The number of furan rings is 1. The monoisotopic (exact) mass is 482 g/mol. The Kier molecular flexibility index (Phi) is 6.43. The number of hydrogen-bond donors (Lipinski definition) is 1. The smallest absolute Gasteiger partial charge is 0.420 e. The number of halogens is 3. The van der Waals surface area contributed by atoms with Gasteiger partial charge >= 0.3 is 6.18 Å². The van der Waals surface area contributed by atoms with Gasteiger partial charge in [-0.25, -0.2) is 0 Å². The number of carbonyl (C=O) groups excluding carboxylic acids is 1. The van der Waals surface area contributed by atoms with Gasteiger partial charge in [0.1, 0.15) is 11.3 Å². The molecule has 5 rings (SSSR count). The molecule has 1 atom stereocenters. The summed E-state index contributed by atoms with van der Waals surface area (Å²) in [5.74, 6) is -1.03. The molecule has 0 saturated carbocycles. The number of amides is 1. The Labute approximate surface area is 195 Å². The van der Waals surface area contributed by atoms with Crippen LogP contribution in [-0.2, 0) is 35.0 Å². The molecule has 0 bridgehead atoms. The topological polar surface area (TPSA) is 81.8 Å².